The highest BCUT2D eigenvalue weighted by Gasteiger charge is 2.21. The van der Waals surface area contributed by atoms with Gasteiger partial charge in [0.2, 0.25) is 5.89 Å². The third-order valence-electron chi connectivity index (χ3n) is 2.51. The highest BCUT2D eigenvalue weighted by Crippen LogP contribution is 2.42. The van der Waals surface area contributed by atoms with Gasteiger partial charge >= 0.3 is 0 Å². The summed E-state index contributed by atoms with van der Waals surface area (Å²) in [5.74, 6) is 1.18. The van der Waals surface area contributed by atoms with Gasteiger partial charge in [0, 0.05) is 7.05 Å². The van der Waals surface area contributed by atoms with Gasteiger partial charge < -0.3 is 25.6 Å². The molecule has 0 spiro atoms. The molecule has 0 fully saturated rings. The van der Waals surface area contributed by atoms with Crippen LogP contribution in [0, 0.1) is 6.92 Å². The number of carbonyl (C=O) groups excluding carboxylic acids is 1. The molecule has 2 rings (SSSR count). The van der Waals surface area contributed by atoms with Gasteiger partial charge in [0.1, 0.15) is 15.6 Å². The molecule has 2 aromatic rings. The Hall–Kier alpha value is -2.29. The highest BCUT2D eigenvalue weighted by atomic mass is 32.1. The minimum Gasteiger partial charge on any atom is -0.492 e. The number of anilines is 2. The number of nitrogens with two attached hydrogens (primary N) is 1. The molecule has 20 heavy (non-hydrogen) atoms. The molecule has 0 aliphatic heterocycles. The smallest absolute Gasteiger partial charge is 0.263 e. The molecule has 0 aromatic carbocycles. The lowest BCUT2D eigenvalue weighted by molar-refractivity contribution is 0.0967. The first-order valence-corrected chi connectivity index (χ1v) is 6.59. The van der Waals surface area contributed by atoms with Crippen LogP contribution in [0.3, 0.4) is 0 Å². The largest absolute Gasteiger partial charge is 0.492 e. The second-order valence-electron chi connectivity index (χ2n) is 3.88. The summed E-state index contributed by atoms with van der Waals surface area (Å²) >= 11 is 1.21. The Morgan fingerprint density at radius 3 is 2.85 bits per heavy atom. The topological polar surface area (TPSA) is 115 Å². The van der Waals surface area contributed by atoms with Crippen LogP contribution < -0.4 is 21.1 Å². The molecule has 0 saturated carbocycles. The Morgan fingerprint density at radius 1 is 1.55 bits per heavy atom. The Kier molecular flexibility index (Phi) is 4.08. The van der Waals surface area contributed by atoms with Gasteiger partial charge in [0.15, 0.2) is 11.6 Å². The van der Waals surface area contributed by atoms with Crippen LogP contribution in [-0.2, 0) is 6.54 Å². The summed E-state index contributed by atoms with van der Waals surface area (Å²) in [4.78, 5) is 16.2. The molecule has 2 aromatic heterocycles. The average Bonchev–Trinajstić information content (AvgIpc) is 2.99. The summed E-state index contributed by atoms with van der Waals surface area (Å²) in [6, 6.07) is 0. The second kappa shape index (κ2) is 5.78. The van der Waals surface area contributed by atoms with E-state index >= 15 is 0 Å². The number of aryl methyl sites for hydroxylation is 1. The number of aromatic nitrogens is 2. The molecule has 0 radical (unpaired) electrons. The molecule has 0 aliphatic rings. The fraction of sp³-hybridized carbons (Fsp3) is 0.364. The predicted molar refractivity (Wildman–Crippen MR) is 75.0 cm³/mol. The molecule has 1 amide bonds. The van der Waals surface area contributed by atoms with E-state index < -0.39 is 0 Å². The lowest BCUT2D eigenvalue weighted by Gasteiger charge is -2.04. The van der Waals surface area contributed by atoms with Crippen molar-refractivity contribution in [2.75, 3.05) is 25.2 Å². The summed E-state index contributed by atoms with van der Waals surface area (Å²) in [6.45, 7) is 2.06. The van der Waals surface area contributed by atoms with Gasteiger partial charge in [0.25, 0.3) is 5.91 Å². The molecule has 108 valence electrons. The second-order valence-corrected chi connectivity index (χ2v) is 4.90. The molecule has 0 atom stereocenters. The minimum atomic E-state index is -0.257. The number of hydrogen-bond acceptors (Lipinski definition) is 8. The normalized spacial score (nSPS) is 10.3. The van der Waals surface area contributed by atoms with Crippen LogP contribution in [0.4, 0.5) is 10.7 Å². The van der Waals surface area contributed by atoms with E-state index in [0.717, 1.165) is 0 Å². The van der Waals surface area contributed by atoms with Crippen molar-refractivity contribution in [3.63, 3.8) is 0 Å². The van der Waals surface area contributed by atoms with Gasteiger partial charge in [-0.15, -0.1) is 11.3 Å². The van der Waals surface area contributed by atoms with E-state index in [1.54, 1.807) is 14.0 Å². The molecule has 0 unspecified atom stereocenters. The van der Waals surface area contributed by atoms with Crippen LogP contribution in [0.25, 0.3) is 0 Å². The number of hydrogen-bond donors (Lipinski definition) is 3. The summed E-state index contributed by atoms with van der Waals surface area (Å²) in [6.07, 6.45) is 0. The number of nitrogens with zero attached hydrogens (tertiary/aromatic N) is 2. The van der Waals surface area contributed by atoms with Crippen LogP contribution in [0.15, 0.2) is 4.52 Å². The van der Waals surface area contributed by atoms with Crippen molar-refractivity contribution in [3.05, 3.63) is 16.6 Å². The zero-order valence-corrected chi connectivity index (χ0v) is 12.1. The van der Waals surface area contributed by atoms with Crippen molar-refractivity contribution in [2.45, 2.75) is 13.5 Å². The Labute approximate surface area is 119 Å². The Balaban J connectivity index is 2.20. The molecule has 2 heterocycles. The monoisotopic (exact) mass is 297 g/mol. The van der Waals surface area contributed by atoms with Crippen molar-refractivity contribution in [1.82, 2.24) is 15.5 Å². The SMILES string of the molecule is CNC(=O)c1sc(NCc2nc(C)no2)c(OC)c1N. The lowest BCUT2D eigenvalue weighted by atomic mass is 10.3. The molecular weight excluding hydrogens is 282 g/mol. The number of rotatable bonds is 5. The van der Waals surface area contributed by atoms with E-state index in [4.69, 9.17) is 15.0 Å². The van der Waals surface area contributed by atoms with E-state index in [2.05, 4.69) is 20.8 Å². The molecule has 8 nitrogen and oxygen atoms in total. The molecule has 0 saturated heterocycles. The number of nitrogens with one attached hydrogen (secondary N) is 2. The van der Waals surface area contributed by atoms with Crippen LogP contribution in [0.5, 0.6) is 5.75 Å². The number of carbonyl (C=O) groups is 1. The fourth-order valence-corrected chi connectivity index (χ4v) is 2.63. The fourth-order valence-electron chi connectivity index (χ4n) is 1.60. The predicted octanol–water partition coefficient (Wildman–Crippen LogP) is 1.00. The number of amides is 1. The van der Waals surface area contributed by atoms with Gasteiger partial charge in [-0.3, -0.25) is 4.79 Å². The standard InChI is InChI=1S/C11H15N5O3S/c1-5-15-6(19-16-5)4-14-11-8(18-3)7(12)9(20-11)10(17)13-2/h14H,4,12H2,1-3H3,(H,13,17). The number of methoxy groups -OCH3 is 1. The van der Waals surface area contributed by atoms with Gasteiger partial charge in [0.05, 0.1) is 13.7 Å². The van der Waals surface area contributed by atoms with Crippen molar-refractivity contribution >= 4 is 27.9 Å². The number of ether oxygens (including phenoxy) is 1. The van der Waals surface area contributed by atoms with Crippen LogP contribution >= 0.6 is 11.3 Å². The zero-order chi connectivity index (χ0) is 14.7. The minimum absolute atomic E-state index is 0.257. The molecule has 0 aliphatic carbocycles. The van der Waals surface area contributed by atoms with Gasteiger partial charge in [-0.1, -0.05) is 5.16 Å². The molecular formula is C11H15N5O3S. The maximum Gasteiger partial charge on any atom is 0.263 e. The van der Waals surface area contributed by atoms with E-state index in [1.165, 1.54) is 18.4 Å². The van der Waals surface area contributed by atoms with Crippen molar-refractivity contribution in [3.8, 4) is 5.75 Å². The van der Waals surface area contributed by atoms with Crippen LogP contribution in [0.1, 0.15) is 21.4 Å². The van der Waals surface area contributed by atoms with Crippen LogP contribution in [0.2, 0.25) is 0 Å². The quantitative estimate of drug-likeness (QED) is 0.754. The van der Waals surface area contributed by atoms with Gasteiger partial charge in [-0.2, -0.15) is 4.98 Å². The van der Waals surface area contributed by atoms with Crippen molar-refractivity contribution in [2.24, 2.45) is 0 Å². The highest BCUT2D eigenvalue weighted by molar-refractivity contribution is 7.19. The van der Waals surface area contributed by atoms with E-state index in [0.29, 0.717) is 39.6 Å². The first kappa shape index (κ1) is 14.1. The van der Waals surface area contributed by atoms with Crippen LogP contribution in [-0.4, -0.2) is 30.2 Å². The third-order valence-corrected chi connectivity index (χ3v) is 3.65. The van der Waals surface area contributed by atoms with Crippen molar-refractivity contribution < 1.29 is 14.1 Å². The van der Waals surface area contributed by atoms with Gasteiger partial charge in [-0.25, -0.2) is 0 Å². The number of nitrogen functional groups attached to an aromatic ring is 1. The average molecular weight is 297 g/mol. The molecule has 9 heteroatoms. The van der Waals surface area contributed by atoms with E-state index in [1.807, 2.05) is 0 Å². The Morgan fingerprint density at radius 2 is 2.30 bits per heavy atom. The van der Waals surface area contributed by atoms with Crippen molar-refractivity contribution in [1.29, 1.82) is 0 Å². The zero-order valence-electron chi connectivity index (χ0n) is 11.3. The van der Waals surface area contributed by atoms with E-state index in [9.17, 15) is 4.79 Å². The Bertz CT molecular complexity index is 622. The maximum absolute atomic E-state index is 11.7. The maximum atomic E-state index is 11.7. The molecule has 0 bridgehead atoms. The first-order valence-electron chi connectivity index (χ1n) is 5.78. The summed E-state index contributed by atoms with van der Waals surface area (Å²) in [5, 5.41) is 9.93. The summed E-state index contributed by atoms with van der Waals surface area (Å²) < 4.78 is 10.2. The van der Waals surface area contributed by atoms with Gasteiger partial charge in [-0.05, 0) is 6.92 Å². The summed E-state index contributed by atoms with van der Waals surface area (Å²) in [7, 11) is 3.04. The first-order chi connectivity index (χ1) is 9.56. The third kappa shape index (κ3) is 2.67. The number of thiophene rings is 1. The summed E-state index contributed by atoms with van der Waals surface area (Å²) in [5.41, 5.74) is 6.20. The lowest BCUT2D eigenvalue weighted by Crippen LogP contribution is -2.17. The molecule has 4 N–H and O–H groups in total. The van der Waals surface area contributed by atoms with E-state index in [-0.39, 0.29) is 5.91 Å².